The van der Waals surface area contributed by atoms with Crippen LogP contribution >= 0.6 is 0 Å². The number of nitrogens with one attached hydrogen (secondary N) is 1. The van der Waals surface area contributed by atoms with Crippen molar-refractivity contribution < 1.29 is 14.4 Å². The highest BCUT2D eigenvalue weighted by Crippen LogP contribution is 2.27. The molecule has 2 aliphatic rings. The number of carbonyl (C=O) groups excluding carboxylic acids is 3. The van der Waals surface area contributed by atoms with Gasteiger partial charge in [-0.2, -0.15) is 0 Å². The Kier molecular flexibility index (Phi) is 4.30. The fraction of sp³-hybridized carbons (Fsp3) is 0.0952. The molecule has 6 heteroatoms. The molecule has 2 heterocycles. The first-order valence-electron chi connectivity index (χ1n) is 8.60. The summed E-state index contributed by atoms with van der Waals surface area (Å²) in [4.78, 5) is 39.2. The average molecular weight is 359 g/mol. The van der Waals surface area contributed by atoms with Gasteiger partial charge in [0.25, 0.3) is 5.91 Å². The topological polar surface area (TPSA) is 69.7 Å². The molecule has 1 unspecified atom stereocenters. The number of hydrogen-bond donors (Lipinski definition) is 1. The lowest BCUT2D eigenvalue weighted by molar-refractivity contribution is -0.129. The van der Waals surface area contributed by atoms with Gasteiger partial charge in [-0.15, -0.1) is 0 Å². The Morgan fingerprint density at radius 1 is 0.926 bits per heavy atom. The number of para-hydroxylation sites is 1. The molecule has 0 saturated heterocycles. The molecule has 0 spiro atoms. The number of fused-ring (bicyclic) bond motifs is 1. The Balaban J connectivity index is 1.59. The smallest absolute Gasteiger partial charge is 0.280 e. The van der Waals surface area contributed by atoms with Crippen LogP contribution < -0.4 is 10.3 Å². The summed E-state index contributed by atoms with van der Waals surface area (Å²) in [5.74, 6) is -1.41. The van der Waals surface area contributed by atoms with Crippen molar-refractivity contribution in [2.75, 3.05) is 4.90 Å². The summed E-state index contributed by atoms with van der Waals surface area (Å²) in [6.07, 6.45) is 4.80. The van der Waals surface area contributed by atoms with E-state index in [4.69, 9.17) is 0 Å². The van der Waals surface area contributed by atoms with Crippen LogP contribution in [0.2, 0.25) is 0 Å². The van der Waals surface area contributed by atoms with Crippen LogP contribution in [0.4, 0.5) is 5.69 Å². The number of nitrogens with zero attached hydrogens (tertiary/aromatic N) is 2. The van der Waals surface area contributed by atoms with Crippen molar-refractivity contribution >= 4 is 23.3 Å². The largest absolute Gasteiger partial charge is 0.294 e. The molecule has 0 fully saturated rings. The summed E-state index contributed by atoms with van der Waals surface area (Å²) in [5, 5.41) is 1.40. The van der Waals surface area contributed by atoms with Crippen LogP contribution in [0.3, 0.4) is 0 Å². The molecule has 134 valence electrons. The van der Waals surface area contributed by atoms with Crippen molar-refractivity contribution in [2.45, 2.75) is 6.42 Å². The molecule has 2 aromatic carbocycles. The van der Waals surface area contributed by atoms with E-state index in [0.29, 0.717) is 11.3 Å². The summed E-state index contributed by atoms with van der Waals surface area (Å²) in [5.41, 5.74) is 4.27. The summed E-state index contributed by atoms with van der Waals surface area (Å²) in [7, 11) is 0. The molecular formula is C21H17N3O3. The van der Waals surface area contributed by atoms with Crippen molar-refractivity contribution in [3.05, 3.63) is 90.4 Å². The van der Waals surface area contributed by atoms with E-state index in [0.717, 1.165) is 5.69 Å². The monoisotopic (exact) mass is 359 g/mol. The highest BCUT2D eigenvalue weighted by molar-refractivity contribution is 6.09. The van der Waals surface area contributed by atoms with E-state index in [1.165, 1.54) is 9.91 Å². The van der Waals surface area contributed by atoms with Crippen molar-refractivity contribution in [2.24, 2.45) is 5.92 Å². The average Bonchev–Trinajstić information content (AvgIpc) is 2.70. The molecule has 2 amide bonds. The van der Waals surface area contributed by atoms with Crippen LogP contribution in [0.5, 0.6) is 0 Å². The van der Waals surface area contributed by atoms with E-state index in [-0.39, 0.29) is 24.0 Å². The van der Waals surface area contributed by atoms with Crippen molar-refractivity contribution in [1.82, 2.24) is 10.4 Å². The Hall–Kier alpha value is -3.67. The zero-order chi connectivity index (χ0) is 18.8. The van der Waals surface area contributed by atoms with Crippen LogP contribution in [0, 0.1) is 5.92 Å². The second kappa shape index (κ2) is 6.92. The number of hydrazine groups is 1. The Morgan fingerprint density at radius 2 is 1.59 bits per heavy atom. The molecule has 0 radical (unpaired) electrons. The van der Waals surface area contributed by atoms with Gasteiger partial charge in [-0.3, -0.25) is 29.7 Å². The number of anilines is 1. The van der Waals surface area contributed by atoms with Crippen LogP contribution in [-0.2, 0) is 9.59 Å². The molecule has 0 aliphatic carbocycles. The van der Waals surface area contributed by atoms with Gasteiger partial charge >= 0.3 is 0 Å². The molecule has 2 aromatic rings. The number of ketones is 1. The Labute approximate surface area is 156 Å². The number of carbonyl (C=O) groups is 3. The minimum absolute atomic E-state index is 0.00944. The van der Waals surface area contributed by atoms with Gasteiger partial charge < -0.3 is 0 Å². The van der Waals surface area contributed by atoms with Crippen molar-refractivity contribution in [3.8, 4) is 0 Å². The summed E-state index contributed by atoms with van der Waals surface area (Å²) >= 11 is 0. The molecule has 6 nitrogen and oxygen atoms in total. The Bertz CT molecular complexity index is 951. The maximum atomic E-state index is 12.9. The van der Waals surface area contributed by atoms with Crippen LogP contribution in [0.25, 0.3) is 0 Å². The van der Waals surface area contributed by atoms with Gasteiger partial charge in [-0.1, -0.05) is 48.5 Å². The van der Waals surface area contributed by atoms with Gasteiger partial charge in [-0.25, -0.2) is 0 Å². The normalized spacial score (nSPS) is 18.7. The van der Waals surface area contributed by atoms with E-state index in [9.17, 15) is 14.4 Å². The quantitative estimate of drug-likeness (QED) is 0.852. The number of rotatable bonds is 4. The molecule has 4 rings (SSSR count). The second-order valence-corrected chi connectivity index (χ2v) is 6.31. The van der Waals surface area contributed by atoms with Gasteiger partial charge in [0.15, 0.2) is 5.78 Å². The number of benzene rings is 2. The fourth-order valence-corrected chi connectivity index (χ4v) is 3.11. The third-order valence-corrected chi connectivity index (χ3v) is 4.52. The predicted molar refractivity (Wildman–Crippen MR) is 100 cm³/mol. The van der Waals surface area contributed by atoms with Crippen LogP contribution in [0.1, 0.15) is 16.8 Å². The van der Waals surface area contributed by atoms with E-state index in [2.05, 4.69) is 5.43 Å². The highest BCUT2D eigenvalue weighted by atomic mass is 16.2. The van der Waals surface area contributed by atoms with Crippen LogP contribution in [-0.4, -0.2) is 22.6 Å². The van der Waals surface area contributed by atoms with E-state index < -0.39 is 5.92 Å². The summed E-state index contributed by atoms with van der Waals surface area (Å²) < 4.78 is 0. The molecular weight excluding hydrogens is 342 g/mol. The predicted octanol–water partition coefficient (Wildman–Crippen LogP) is 2.62. The first-order chi connectivity index (χ1) is 13.1. The van der Waals surface area contributed by atoms with Gasteiger partial charge in [0.1, 0.15) is 5.70 Å². The lowest BCUT2D eigenvalue weighted by atomic mass is 9.95. The minimum atomic E-state index is -0.697. The third kappa shape index (κ3) is 3.25. The first-order valence-corrected chi connectivity index (χ1v) is 8.60. The van der Waals surface area contributed by atoms with Gasteiger partial charge in [0, 0.05) is 30.1 Å². The minimum Gasteiger partial charge on any atom is -0.294 e. The van der Waals surface area contributed by atoms with Crippen molar-refractivity contribution in [3.63, 3.8) is 0 Å². The molecule has 27 heavy (non-hydrogen) atoms. The SMILES string of the molecule is O=C(CC1C=C2C(=O)N(c3ccccc3)C=CN2NC1=O)c1ccccc1. The molecule has 1 N–H and O–H groups in total. The highest BCUT2D eigenvalue weighted by Gasteiger charge is 2.35. The molecule has 1 atom stereocenters. The first kappa shape index (κ1) is 16.8. The number of Topliss-reactive ketones (excluding diaryl/α,β-unsaturated/α-hetero) is 1. The lowest BCUT2D eigenvalue weighted by Gasteiger charge is -2.36. The maximum absolute atomic E-state index is 12.9. The van der Waals surface area contributed by atoms with Gasteiger partial charge in [-0.05, 0) is 18.2 Å². The standard InChI is InChI=1S/C21H17N3O3/c25-19(15-7-3-1-4-8-15)14-16-13-18-21(27)23(17-9-5-2-6-10-17)11-12-24(18)22-20(16)26/h1-13,16H,14H2,(H,22,26). The number of amides is 2. The van der Waals surface area contributed by atoms with E-state index >= 15 is 0 Å². The zero-order valence-corrected chi connectivity index (χ0v) is 14.4. The number of hydrogen-bond acceptors (Lipinski definition) is 4. The van der Waals surface area contributed by atoms with Crippen LogP contribution in [0.15, 0.2) is 84.8 Å². The summed E-state index contributed by atoms with van der Waals surface area (Å²) in [6, 6.07) is 18.1. The van der Waals surface area contributed by atoms with E-state index in [1.807, 2.05) is 36.4 Å². The van der Waals surface area contributed by atoms with Crippen molar-refractivity contribution in [1.29, 1.82) is 0 Å². The zero-order valence-electron chi connectivity index (χ0n) is 14.4. The van der Waals surface area contributed by atoms with Gasteiger partial charge in [0.2, 0.25) is 5.91 Å². The summed E-state index contributed by atoms with van der Waals surface area (Å²) in [6.45, 7) is 0. The Morgan fingerprint density at radius 3 is 2.30 bits per heavy atom. The maximum Gasteiger partial charge on any atom is 0.280 e. The molecule has 0 saturated carbocycles. The van der Waals surface area contributed by atoms with Gasteiger partial charge in [0.05, 0.1) is 5.92 Å². The van der Waals surface area contributed by atoms with E-state index in [1.54, 1.807) is 42.7 Å². The third-order valence-electron chi connectivity index (χ3n) is 4.52. The fourth-order valence-electron chi connectivity index (χ4n) is 3.11. The lowest BCUT2D eigenvalue weighted by Crippen LogP contribution is -2.51. The molecule has 0 aromatic heterocycles. The second-order valence-electron chi connectivity index (χ2n) is 6.31. The molecule has 2 aliphatic heterocycles. The molecule has 0 bridgehead atoms.